The quantitative estimate of drug-likeness (QED) is 0.501. The third kappa shape index (κ3) is 3.81. The highest BCUT2D eigenvalue weighted by atomic mass is 19.1. The fourth-order valence-electron chi connectivity index (χ4n) is 4.46. The number of likely N-dealkylation sites (tertiary alicyclic amines) is 1. The van der Waals surface area contributed by atoms with Crippen LogP contribution in [0.25, 0.3) is 22.6 Å². The Bertz CT molecular complexity index is 1250. The number of aryl methyl sites for hydroxylation is 2. The Kier molecular flexibility index (Phi) is 4.98. The first kappa shape index (κ1) is 19.8. The molecule has 1 saturated heterocycles. The van der Waals surface area contributed by atoms with Gasteiger partial charge in [0, 0.05) is 18.3 Å². The summed E-state index contributed by atoms with van der Waals surface area (Å²) < 4.78 is 15.9. The summed E-state index contributed by atoms with van der Waals surface area (Å²) in [5.41, 5.74) is 5.45. The summed E-state index contributed by atoms with van der Waals surface area (Å²) >= 11 is 0. The first-order valence-electron chi connectivity index (χ1n) is 10.6. The van der Waals surface area contributed by atoms with Crippen LogP contribution in [0.2, 0.25) is 0 Å². The number of rotatable bonds is 4. The van der Waals surface area contributed by atoms with E-state index in [1.54, 1.807) is 6.20 Å². The number of hydrogen-bond acceptors (Lipinski definition) is 5. The minimum absolute atomic E-state index is 0.388. The molecule has 0 spiro atoms. The lowest BCUT2D eigenvalue weighted by Crippen LogP contribution is -2.13. The molecule has 1 atom stereocenters. The van der Waals surface area contributed by atoms with Crippen LogP contribution < -0.4 is 0 Å². The van der Waals surface area contributed by atoms with Crippen molar-refractivity contribution in [2.45, 2.75) is 32.7 Å². The second-order valence-corrected chi connectivity index (χ2v) is 8.43. The van der Waals surface area contributed by atoms with Crippen molar-refractivity contribution in [3.8, 4) is 11.4 Å². The SMILES string of the molecule is Cc1nc(C)c2nc(-c3cncc(F)c3)n(Cc3ccc(C4CCN(C)C4)cc3)c2n1. The van der Waals surface area contributed by atoms with Crippen LogP contribution in [0.15, 0.2) is 42.7 Å². The molecule has 4 aromatic rings. The van der Waals surface area contributed by atoms with Gasteiger partial charge in [0.1, 0.15) is 23.0 Å². The Balaban J connectivity index is 1.56. The predicted octanol–water partition coefficient (Wildman–Crippen LogP) is 4.11. The van der Waals surface area contributed by atoms with E-state index < -0.39 is 0 Å². The lowest BCUT2D eigenvalue weighted by Gasteiger charge is -2.13. The number of halogens is 1. The van der Waals surface area contributed by atoms with Gasteiger partial charge in [0.2, 0.25) is 0 Å². The molecule has 1 aliphatic rings. The van der Waals surface area contributed by atoms with Crippen LogP contribution in [0.1, 0.15) is 35.0 Å². The molecule has 4 heterocycles. The van der Waals surface area contributed by atoms with E-state index in [1.165, 1.54) is 24.2 Å². The topological polar surface area (TPSA) is 59.7 Å². The number of imidazole rings is 1. The number of nitrogens with zero attached hydrogens (tertiary/aromatic N) is 6. The van der Waals surface area contributed by atoms with Crippen LogP contribution in [0.4, 0.5) is 4.39 Å². The van der Waals surface area contributed by atoms with Gasteiger partial charge in [0.05, 0.1) is 18.4 Å². The number of likely N-dealkylation sites (N-methyl/N-ethyl adjacent to an activating group) is 1. The van der Waals surface area contributed by atoms with Crippen LogP contribution in [0.5, 0.6) is 0 Å². The van der Waals surface area contributed by atoms with Gasteiger partial charge in [-0.05, 0) is 57.0 Å². The van der Waals surface area contributed by atoms with Crippen LogP contribution in [0.3, 0.4) is 0 Å². The molecule has 31 heavy (non-hydrogen) atoms. The molecule has 7 heteroatoms. The summed E-state index contributed by atoms with van der Waals surface area (Å²) in [7, 11) is 2.17. The maximum atomic E-state index is 13.9. The van der Waals surface area contributed by atoms with E-state index in [0.717, 1.165) is 35.5 Å². The molecule has 0 bridgehead atoms. The molecule has 0 radical (unpaired) electrons. The fourth-order valence-corrected chi connectivity index (χ4v) is 4.46. The van der Waals surface area contributed by atoms with Crippen molar-refractivity contribution >= 4 is 11.2 Å². The molecule has 1 aromatic carbocycles. The summed E-state index contributed by atoms with van der Waals surface area (Å²) in [4.78, 5) is 20.3. The van der Waals surface area contributed by atoms with E-state index >= 15 is 0 Å². The molecule has 1 fully saturated rings. The zero-order chi connectivity index (χ0) is 21.5. The second kappa shape index (κ2) is 7.81. The Morgan fingerprint density at radius 3 is 2.58 bits per heavy atom. The third-order valence-electron chi connectivity index (χ3n) is 6.03. The van der Waals surface area contributed by atoms with Gasteiger partial charge in [-0.25, -0.2) is 19.3 Å². The monoisotopic (exact) mass is 416 g/mol. The van der Waals surface area contributed by atoms with Crippen molar-refractivity contribution in [1.82, 2.24) is 29.4 Å². The van der Waals surface area contributed by atoms with E-state index in [9.17, 15) is 4.39 Å². The molecule has 0 aliphatic carbocycles. The highest BCUT2D eigenvalue weighted by molar-refractivity contribution is 5.79. The van der Waals surface area contributed by atoms with E-state index in [2.05, 4.69) is 51.2 Å². The summed E-state index contributed by atoms with van der Waals surface area (Å²) in [6, 6.07) is 10.3. The van der Waals surface area contributed by atoms with Gasteiger partial charge in [0.25, 0.3) is 0 Å². The Morgan fingerprint density at radius 2 is 1.87 bits per heavy atom. The number of hydrogen-bond donors (Lipinski definition) is 0. The molecule has 0 N–H and O–H groups in total. The molecular weight excluding hydrogens is 391 g/mol. The van der Waals surface area contributed by atoms with E-state index in [1.807, 2.05) is 18.4 Å². The van der Waals surface area contributed by atoms with Gasteiger partial charge in [-0.15, -0.1) is 0 Å². The molecule has 5 rings (SSSR count). The van der Waals surface area contributed by atoms with Crippen molar-refractivity contribution in [3.05, 3.63) is 71.2 Å². The zero-order valence-electron chi connectivity index (χ0n) is 18.0. The molecule has 1 aliphatic heterocycles. The average Bonchev–Trinajstić information content (AvgIpc) is 3.33. The highest BCUT2D eigenvalue weighted by Gasteiger charge is 2.21. The first-order valence-corrected chi connectivity index (χ1v) is 10.6. The van der Waals surface area contributed by atoms with Crippen LogP contribution >= 0.6 is 0 Å². The zero-order valence-corrected chi connectivity index (χ0v) is 18.0. The van der Waals surface area contributed by atoms with Crippen LogP contribution in [-0.4, -0.2) is 49.5 Å². The summed E-state index contributed by atoms with van der Waals surface area (Å²) in [5, 5.41) is 0. The molecule has 6 nitrogen and oxygen atoms in total. The minimum atomic E-state index is -0.388. The summed E-state index contributed by atoms with van der Waals surface area (Å²) in [5.74, 6) is 1.54. The molecule has 1 unspecified atom stereocenters. The number of pyridine rings is 1. The molecular formula is C24H25FN6. The van der Waals surface area contributed by atoms with Crippen molar-refractivity contribution in [1.29, 1.82) is 0 Å². The van der Waals surface area contributed by atoms with E-state index in [0.29, 0.717) is 29.7 Å². The van der Waals surface area contributed by atoms with Gasteiger partial charge in [-0.3, -0.25) is 4.98 Å². The minimum Gasteiger partial charge on any atom is -0.306 e. The van der Waals surface area contributed by atoms with Gasteiger partial charge in [-0.2, -0.15) is 0 Å². The van der Waals surface area contributed by atoms with Crippen molar-refractivity contribution in [2.24, 2.45) is 0 Å². The lowest BCUT2D eigenvalue weighted by molar-refractivity contribution is 0.411. The largest absolute Gasteiger partial charge is 0.306 e. The fraction of sp³-hybridized carbons (Fsp3) is 0.333. The number of fused-ring (bicyclic) bond motifs is 1. The Morgan fingerprint density at radius 1 is 1.06 bits per heavy atom. The smallest absolute Gasteiger partial charge is 0.164 e. The van der Waals surface area contributed by atoms with E-state index in [4.69, 9.17) is 4.98 Å². The average molecular weight is 417 g/mol. The molecule has 0 saturated carbocycles. The number of benzene rings is 1. The Hall–Kier alpha value is -3.19. The normalized spacial score (nSPS) is 17.0. The lowest BCUT2D eigenvalue weighted by atomic mass is 9.97. The maximum Gasteiger partial charge on any atom is 0.164 e. The molecule has 158 valence electrons. The van der Waals surface area contributed by atoms with Crippen LogP contribution in [0, 0.1) is 19.7 Å². The van der Waals surface area contributed by atoms with Crippen molar-refractivity contribution in [3.63, 3.8) is 0 Å². The maximum absolute atomic E-state index is 13.9. The predicted molar refractivity (Wildman–Crippen MR) is 118 cm³/mol. The first-order chi connectivity index (χ1) is 15.0. The summed E-state index contributed by atoms with van der Waals surface area (Å²) in [6.07, 6.45) is 4.04. The summed E-state index contributed by atoms with van der Waals surface area (Å²) in [6.45, 7) is 6.65. The Labute approximate surface area is 180 Å². The number of aromatic nitrogens is 5. The van der Waals surface area contributed by atoms with Crippen LogP contribution in [-0.2, 0) is 6.54 Å². The molecule has 3 aromatic heterocycles. The van der Waals surface area contributed by atoms with E-state index in [-0.39, 0.29) is 5.82 Å². The van der Waals surface area contributed by atoms with Crippen molar-refractivity contribution in [2.75, 3.05) is 20.1 Å². The van der Waals surface area contributed by atoms with Gasteiger partial charge in [0.15, 0.2) is 5.65 Å². The molecule has 0 amide bonds. The van der Waals surface area contributed by atoms with Gasteiger partial charge < -0.3 is 9.47 Å². The second-order valence-electron chi connectivity index (χ2n) is 8.43. The van der Waals surface area contributed by atoms with Crippen molar-refractivity contribution < 1.29 is 4.39 Å². The van der Waals surface area contributed by atoms with Gasteiger partial charge >= 0.3 is 0 Å². The van der Waals surface area contributed by atoms with Gasteiger partial charge in [-0.1, -0.05) is 24.3 Å². The highest BCUT2D eigenvalue weighted by Crippen LogP contribution is 2.29. The third-order valence-corrected chi connectivity index (χ3v) is 6.03. The standard InChI is InChI=1S/C24H25FN6/c1-15-22-24(28-16(2)27-15)31(23(29-22)20-10-21(25)12-26-11-20)13-17-4-6-18(7-5-17)19-8-9-30(3)14-19/h4-7,10-12,19H,8-9,13-14H2,1-3H3.